The number of rotatable bonds is 4. The second-order valence-electron chi connectivity index (χ2n) is 4.57. The van der Waals surface area contributed by atoms with Gasteiger partial charge in [0.25, 0.3) is 0 Å². The second-order valence-corrected chi connectivity index (χ2v) is 5.36. The molecule has 18 heavy (non-hydrogen) atoms. The molecule has 0 radical (unpaired) electrons. The summed E-state index contributed by atoms with van der Waals surface area (Å²) in [6.45, 7) is 6.21. The van der Waals surface area contributed by atoms with Crippen molar-refractivity contribution in [2.24, 2.45) is 5.84 Å². The predicted octanol–water partition coefficient (Wildman–Crippen LogP) is 1.92. The van der Waals surface area contributed by atoms with Crippen molar-refractivity contribution in [3.63, 3.8) is 0 Å². The van der Waals surface area contributed by atoms with Crippen LogP contribution in [-0.4, -0.2) is 14.6 Å². The lowest BCUT2D eigenvalue weighted by Crippen LogP contribution is -2.29. The fourth-order valence-electron chi connectivity index (χ4n) is 1.86. The molecule has 0 bridgehead atoms. The molecule has 1 atom stereocenters. The number of hydrogen-bond donors (Lipinski definition) is 2. The summed E-state index contributed by atoms with van der Waals surface area (Å²) >= 11 is 1.38. The molecule has 0 aromatic carbocycles. The lowest BCUT2D eigenvalue weighted by atomic mass is 10.0. The van der Waals surface area contributed by atoms with Gasteiger partial charge in [0.2, 0.25) is 0 Å². The number of hydrazine groups is 1. The zero-order valence-corrected chi connectivity index (χ0v) is 11.5. The van der Waals surface area contributed by atoms with E-state index in [1.165, 1.54) is 11.5 Å². The Morgan fingerprint density at radius 3 is 2.72 bits per heavy atom. The summed E-state index contributed by atoms with van der Waals surface area (Å²) < 4.78 is 4.04. The summed E-state index contributed by atoms with van der Waals surface area (Å²) in [5.74, 6) is 6.01. The molecule has 0 aliphatic carbocycles. The maximum Gasteiger partial charge on any atom is 0.0852 e. The fraction of sp³-hybridized carbons (Fsp3) is 0.417. The number of hydrogen-bond acceptors (Lipinski definition) is 6. The molecule has 1 unspecified atom stereocenters. The molecule has 0 fully saturated rings. The number of pyridine rings is 1. The van der Waals surface area contributed by atoms with Gasteiger partial charge in [-0.05, 0) is 35.5 Å². The van der Waals surface area contributed by atoms with E-state index in [0.29, 0.717) is 5.92 Å². The molecule has 0 saturated carbocycles. The third-order valence-electron chi connectivity index (χ3n) is 2.75. The Kier molecular flexibility index (Phi) is 4.00. The topological polar surface area (TPSA) is 76.7 Å². The quantitative estimate of drug-likeness (QED) is 0.651. The van der Waals surface area contributed by atoms with Gasteiger partial charge in [-0.15, -0.1) is 5.10 Å². The zero-order valence-electron chi connectivity index (χ0n) is 10.7. The van der Waals surface area contributed by atoms with Gasteiger partial charge < -0.3 is 0 Å². The number of nitrogens with two attached hydrogens (primary N) is 1. The molecule has 2 rings (SSSR count). The van der Waals surface area contributed by atoms with Crippen LogP contribution in [0.5, 0.6) is 0 Å². The molecule has 0 spiro atoms. The molecule has 0 aliphatic rings. The lowest BCUT2D eigenvalue weighted by Gasteiger charge is -2.16. The number of aryl methyl sites for hydroxylation is 1. The van der Waals surface area contributed by atoms with Crippen molar-refractivity contribution in [1.29, 1.82) is 0 Å². The third kappa shape index (κ3) is 2.55. The van der Waals surface area contributed by atoms with Crippen molar-refractivity contribution in [3.8, 4) is 0 Å². The van der Waals surface area contributed by atoms with E-state index in [4.69, 9.17) is 5.84 Å². The second kappa shape index (κ2) is 5.51. The van der Waals surface area contributed by atoms with E-state index in [-0.39, 0.29) is 6.04 Å². The van der Waals surface area contributed by atoms with Gasteiger partial charge in [-0.25, -0.2) is 5.43 Å². The highest BCUT2D eigenvalue weighted by molar-refractivity contribution is 7.05. The highest BCUT2D eigenvalue weighted by Crippen LogP contribution is 2.30. The van der Waals surface area contributed by atoms with E-state index >= 15 is 0 Å². The summed E-state index contributed by atoms with van der Waals surface area (Å²) in [5.41, 5.74) is 5.96. The van der Waals surface area contributed by atoms with Gasteiger partial charge in [0.05, 0.1) is 16.6 Å². The summed E-state index contributed by atoms with van der Waals surface area (Å²) in [7, 11) is 0. The van der Waals surface area contributed by atoms with E-state index in [0.717, 1.165) is 21.7 Å². The number of nitrogens with zero attached hydrogens (tertiary/aromatic N) is 3. The standard InChI is InChI=1S/C12H17N5S/c1-7(2)10-12(18-17-16-10)11(15-13)9-4-8(3)5-14-6-9/h4-7,11,15H,13H2,1-3H3. The van der Waals surface area contributed by atoms with Crippen LogP contribution < -0.4 is 11.3 Å². The SMILES string of the molecule is Cc1cncc(C(NN)c2snnc2C(C)C)c1. The minimum absolute atomic E-state index is 0.102. The summed E-state index contributed by atoms with van der Waals surface area (Å²) in [6, 6.07) is 1.97. The molecular weight excluding hydrogens is 246 g/mol. The van der Waals surface area contributed by atoms with E-state index in [1.54, 1.807) is 0 Å². The van der Waals surface area contributed by atoms with Crippen molar-refractivity contribution in [2.75, 3.05) is 0 Å². The first-order chi connectivity index (χ1) is 8.63. The molecule has 5 nitrogen and oxygen atoms in total. The highest BCUT2D eigenvalue weighted by Gasteiger charge is 2.22. The van der Waals surface area contributed by atoms with Crippen LogP contribution in [0, 0.1) is 6.92 Å². The van der Waals surface area contributed by atoms with Gasteiger partial charge in [0, 0.05) is 12.4 Å². The Bertz CT molecular complexity index is 523. The maximum absolute atomic E-state index is 5.69. The Morgan fingerprint density at radius 2 is 2.11 bits per heavy atom. The van der Waals surface area contributed by atoms with Crippen LogP contribution in [0.15, 0.2) is 18.5 Å². The van der Waals surface area contributed by atoms with E-state index in [1.807, 2.05) is 19.3 Å². The summed E-state index contributed by atoms with van der Waals surface area (Å²) in [4.78, 5) is 5.26. The first-order valence-corrected chi connectivity index (χ1v) is 6.60. The van der Waals surface area contributed by atoms with Gasteiger partial charge in [0.1, 0.15) is 0 Å². The van der Waals surface area contributed by atoms with E-state index < -0.39 is 0 Å². The van der Waals surface area contributed by atoms with Crippen molar-refractivity contribution in [1.82, 2.24) is 20.0 Å². The Labute approximate surface area is 111 Å². The smallest absolute Gasteiger partial charge is 0.0852 e. The Balaban J connectivity index is 2.42. The molecular formula is C12H17N5S. The number of nitrogens with one attached hydrogen (secondary N) is 1. The largest absolute Gasteiger partial charge is 0.271 e. The minimum atomic E-state index is -0.102. The Morgan fingerprint density at radius 1 is 1.33 bits per heavy atom. The molecule has 2 aromatic rings. The third-order valence-corrected chi connectivity index (χ3v) is 3.55. The van der Waals surface area contributed by atoms with E-state index in [9.17, 15) is 0 Å². The van der Waals surface area contributed by atoms with Gasteiger partial charge >= 0.3 is 0 Å². The van der Waals surface area contributed by atoms with Crippen LogP contribution >= 0.6 is 11.5 Å². The molecule has 2 aromatic heterocycles. The fourth-order valence-corrected chi connectivity index (χ4v) is 2.76. The Hall–Kier alpha value is -1.37. The van der Waals surface area contributed by atoms with E-state index in [2.05, 4.69) is 39.9 Å². The first kappa shape index (κ1) is 13.1. The van der Waals surface area contributed by atoms with Crippen LogP contribution in [0.2, 0.25) is 0 Å². The van der Waals surface area contributed by atoms with Crippen LogP contribution in [0.4, 0.5) is 0 Å². The molecule has 3 N–H and O–H groups in total. The van der Waals surface area contributed by atoms with Gasteiger partial charge in [-0.3, -0.25) is 10.8 Å². The first-order valence-electron chi connectivity index (χ1n) is 5.83. The normalized spacial score (nSPS) is 12.9. The molecule has 2 heterocycles. The zero-order chi connectivity index (χ0) is 13.1. The number of aromatic nitrogens is 3. The predicted molar refractivity (Wildman–Crippen MR) is 72.1 cm³/mol. The highest BCUT2D eigenvalue weighted by atomic mass is 32.1. The lowest BCUT2D eigenvalue weighted by molar-refractivity contribution is 0.629. The van der Waals surface area contributed by atoms with Crippen LogP contribution in [0.25, 0.3) is 0 Å². The van der Waals surface area contributed by atoms with Gasteiger partial charge in [-0.1, -0.05) is 24.4 Å². The molecule has 96 valence electrons. The minimum Gasteiger partial charge on any atom is -0.271 e. The summed E-state index contributed by atoms with van der Waals surface area (Å²) in [5, 5.41) is 4.19. The summed E-state index contributed by atoms with van der Waals surface area (Å²) in [6.07, 6.45) is 3.65. The van der Waals surface area contributed by atoms with Crippen molar-refractivity contribution < 1.29 is 0 Å². The van der Waals surface area contributed by atoms with Gasteiger partial charge in [-0.2, -0.15) is 0 Å². The van der Waals surface area contributed by atoms with Gasteiger partial charge in [0.15, 0.2) is 0 Å². The maximum atomic E-state index is 5.69. The molecule has 6 heteroatoms. The van der Waals surface area contributed by atoms with Crippen molar-refractivity contribution in [2.45, 2.75) is 32.7 Å². The van der Waals surface area contributed by atoms with Crippen LogP contribution in [0.3, 0.4) is 0 Å². The van der Waals surface area contributed by atoms with Crippen LogP contribution in [-0.2, 0) is 0 Å². The molecule has 0 amide bonds. The average Bonchev–Trinajstić information content (AvgIpc) is 2.79. The molecule has 0 aliphatic heterocycles. The van der Waals surface area contributed by atoms with Crippen molar-refractivity contribution >= 4 is 11.5 Å². The van der Waals surface area contributed by atoms with Crippen molar-refractivity contribution in [3.05, 3.63) is 40.2 Å². The monoisotopic (exact) mass is 263 g/mol. The molecule has 0 saturated heterocycles. The van der Waals surface area contributed by atoms with Crippen LogP contribution in [0.1, 0.15) is 47.5 Å². The average molecular weight is 263 g/mol.